The second-order valence-corrected chi connectivity index (χ2v) is 4.82. The number of hydrogen-bond donors (Lipinski definition) is 2. The van der Waals surface area contributed by atoms with Crippen LogP contribution in [0.25, 0.3) is 10.9 Å². The molecule has 0 bridgehead atoms. The van der Waals surface area contributed by atoms with Crippen LogP contribution in [-0.4, -0.2) is 17.0 Å². The van der Waals surface area contributed by atoms with Gasteiger partial charge in [-0.25, -0.2) is 9.37 Å². The predicted molar refractivity (Wildman–Crippen MR) is 83.8 cm³/mol. The summed E-state index contributed by atoms with van der Waals surface area (Å²) >= 11 is 6.08. The van der Waals surface area contributed by atoms with Gasteiger partial charge in [-0.1, -0.05) is 23.7 Å². The number of halogens is 2. The highest BCUT2D eigenvalue weighted by Crippen LogP contribution is 2.29. The number of para-hydroxylation sites is 1. The molecule has 1 aromatic heterocycles. The van der Waals surface area contributed by atoms with Crippen molar-refractivity contribution in [3.05, 3.63) is 53.3 Å². The SMILES string of the molecule is CNc1nc(Nc2cc(F)ccc2Cl)c2ccccc2n1. The minimum atomic E-state index is -0.367. The van der Waals surface area contributed by atoms with Crippen molar-refractivity contribution >= 4 is 40.0 Å². The molecule has 0 amide bonds. The molecule has 1 heterocycles. The molecule has 0 aliphatic carbocycles. The van der Waals surface area contributed by atoms with E-state index in [-0.39, 0.29) is 5.82 Å². The van der Waals surface area contributed by atoms with Gasteiger partial charge >= 0.3 is 0 Å². The molecule has 4 nitrogen and oxygen atoms in total. The predicted octanol–water partition coefficient (Wildman–Crippen LogP) is 4.21. The first-order chi connectivity index (χ1) is 10.2. The topological polar surface area (TPSA) is 49.8 Å². The molecular weight excluding hydrogens is 291 g/mol. The minimum absolute atomic E-state index is 0.367. The van der Waals surface area contributed by atoms with Crippen LogP contribution in [-0.2, 0) is 0 Å². The number of aromatic nitrogens is 2. The summed E-state index contributed by atoms with van der Waals surface area (Å²) in [5.74, 6) is 0.676. The molecule has 3 aromatic rings. The molecule has 0 unspecified atom stereocenters. The van der Waals surface area contributed by atoms with Crippen LogP contribution in [0.15, 0.2) is 42.5 Å². The molecule has 21 heavy (non-hydrogen) atoms. The van der Waals surface area contributed by atoms with Crippen LogP contribution in [0.2, 0.25) is 5.02 Å². The largest absolute Gasteiger partial charge is 0.357 e. The molecule has 0 radical (unpaired) electrons. The molecule has 0 spiro atoms. The summed E-state index contributed by atoms with van der Waals surface area (Å²) in [5.41, 5.74) is 1.24. The van der Waals surface area contributed by atoms with Crippen molar-refractivity contribution < 1.29 is 4.39 Å². The number of rotatable bonds is 3. The zero-order valence-electron chi connectivity index (χ0n) is 11.2. The maximum atomic E-state index is 13.4. The quantitative estimate of drug-likeness (QED) is 0.761. The fourth-order valence-corrected chi connectivity index (χ4v) is 2.17. The Labute approximate surface area is 126 Å². The van der Waals surface area contributed by atoms with Gasteiger partial charge in [-0.2, -0.15) is 4.98 Å². The minimum Gasteiger partial charge on any atom is -0.357 e. The fraction of sp³-hybridized carbons (Fsp3) is 0.0667. The van der Waals surface area contributed by atoms with Gasteiger partial charge in [0.25, 0.3) is 0 Å². The third kappa shape index (κ3) is 2.73. The Kier molecular flexibility index (Phi) is 3.58. The first-order valence-electron chi connectivity index (χ1n) is 6.34. The summed E-state index contributed by atoms with van der Waals surface area (Å²) in [5, 5.41) is 7.22. The normalized spacial score (nSPS) is 10.6. The number of benzene rings is 2. The lowest BCUT2D eigenvalue weighted by Crippen LogP contribution is -2.02. The van der Waals surface area contributed by atoms with Gasteiger partial charge in [-0.3, -0.25) is 0 Å². The summed E-state index contributed by atoms with van der Waals surface area (Å²) in [4.78, 5) is 8.74. The van der Waals surface area contributed by atoms with Crippen molar-refractivity contribution in [2.24, 2.45) is 0 Å². The highest BCUT2D eigenvalue weighted by Gasteiger charge is 2.09. The Hall–Kier alpha value is -2.40. The first kappa shape index (κ1) is 13.6. The molecule has 106 valence electrons. The number of fused-ring (bicyclic) bond motifs is 1. The van der Waals surface area contributed by atoms with E-state index < -0.39 is 0 Å². The second-order valence-electron chi connectivity index (χ2n) is 4.41. The van der Waals surface area contributed by atoms with Crippen LogP contribution in [0.5, 0.6) is 0 Å². The second kappa shape index (κ2) is 5.54. The van der Waals surface area contributed by atoms with E-state index in [0.717, 1.165) is 10.9 Å². The third-order valence-corrected chi connectivity index (χ3v) is 3.34. The molecule has 6 heteroatoms. The molecule has 2 N–H and O–H groups in total. The van der Waals surface area contributed by atoms with Gasteiger partial charge in [-0.15, -0.1) is 0 Å². The fourth-order valence-electron chi connectivity index (χ4n) is 2.00. The smallest absolute Gasteiger partial charge is 0.224 e. The zero-order chi connectivity index (χ0) is 14.8. The molecule has 2 aromatic carbocycles. The molecule has 0 fully saturated rings. The molecule has 0 atom stereocenters. The van der Waals surface area contributed by atoms with Gasteiger partial charge in [-0.05, 0) is 30.3 Å². The van der Waals surface area contributed by atoms with E-state index >= 15 is 0 Å². The van der Waals surface area contributed by atoms with Crippen molar-refractivity contribution in [2.75, 3.05) is 17.7 Å². The Bertz CT molecular complexity index is 807. The standard InChI is InChI=1S/C15H12ClFN4/c1-18-15-20-12-5-3-2-4-10(12)14(21-15)19-13-8-9(17)6-7-11(13)16/h2-8H,1H3,(H2,18,19,20,21). The maximum absolute atomic E-state index is 13.4. The van der Waals surface area contributed by atoms with E-state index in [4.69, 9.17) is 11.6 Å². The van der Waals surface area contributed by atoms with Crippen LogP contribution < -0.4 is 10.6 Å². The van der Waals surface area contributed by atoms with Gasteiger partial charge in [0.15, 0.2) is 0 Å². The van der Waals surface area contributed by atoms with E-state index in [0.29, 0.717) is 22.5 Å². The molecule has 3 rings (SSSR count). The molecule has 0 saturated carbocycles. The number of nitrogens with one attached hydrogen (secondary N) is 2. The zero-order valence-corrected chi connectivity index (χ0v) is 11.9. The van der Waals surface area contributed by atoms with Crippen molar-refractivity contribution in [3.63, 3.8) is 0 Å². The maximum Gasteiger partial charge on any atom is 0.224 e. The van der Waals surface area contributed by atoms with Gasteiger partial charge in [0, 0.05) is 12.4 Å². The van der Waals surface area contributed by atoms with Crippen LogP contribution in [0, 0.1) is 5.82 Å². The van der Waals surface area contributed by atoms with Gasteiger partial charge in [0.2, 0.25) is 5.95 Å². The van der Waals surface area contributed by atoms with Crippen LogP contribution in [0.3, 0.4) is 0 Å². The van der Waals surface area contributed by atoms with Crippen LogP contribution in [0.1, 0.15) is 0 Å². The van der Waals surface area contributed by atoms with E-state index in [1.54, 1.807) is 7.05 Å². The first-order valence-corrected chi connectivity index (χ1v) is 6.72. The molecule has 0 saturated heterocycles. The Balaban J connectivity index is 2.13. The average Bonchev–Trinajstić information content (AvgIpc) is 2.50. The number of nitrogens with zero attached hydrogens (tertiary/aromatic N) is 2. The van der Waals surface area contributed by atoms with E-state index in [9.17, 15) is 4.39 Å². The van der Waals surface area contributed by atoms with E-state index in [1.165, 1.54) is 18.2 Å². The Morgan fingerprint density at radius 1 is 1.10 bits per heavy atom. The highest BCUT2D eigenvalue weighted by molar-refractivity contribution is 6.33. The lowest BCUT2D eigenvalue weighted by Gasteiger charge is -2.11. The van der Waals surface area contributed by atoms with Crippen LogP contribution in [0.4, 0.5) is 21.8 Å². The summed E-state index contributed by atoms with van der Waals surface area (Å²) in [6, 6.07) is 11.7. The van der Waals surface area contributed by atoms with Crippen molar-refractivity contribution in [1.29, 1.82) is 0 Å². The summed E-state index contributed by atoms with van der Waals surface area (Å²) in [6.07, 6.45) is 0. The lowest BCUT2D eigenvalue weighted by atomic mass is 10.2. The summed E-state index contributed by atoms with van der Waals surface area (Å²) in [7, 11) is 1.74. The van der Waals surface area contributed by atoms with Gasteiger partial charge < -0.3 is 10.6 Å². The molecule has 0 aliphatic heterocycles. The lowest BCUT2D eigenvalue weighted by molar-refractivity contribution is 0.628. The van der Waals surface area contributed by atoms with Crippen molar-refractivity contribution in [3.8, 4) is 0 Å². The molecular formula is C15H12ClFN4. The third-order valence-electron chi connectivity index (χ3n) is 3.01. The average molecular weight is 303 g/mol. The van der Waals surface area contributed by atoms with Crippen molar-refractivity contribution in [1.82, 2.24) is 9.97 Å². The Morgan fingerprint density at radius 2 is 1.90 bits per heavy atom. The summed E-state index contributed by atoms with van der Waals surface area (Å²) < 4.78 is 13.4. The van der Waals surface area contributed by atoms with Crippen molar-refractivity contribution in [2.45, 2.75) is 0 Å². The highest BCUT2D eigenvalue weighted by atomic mass is 35.5. The van der Waals surface area contributed by atoms with Crippen LogP contribution >= 0.6 is 11.6 Å². The number of hydrogen-bond acceptors (Lipinski definition) is 4. The monoisotopic (exact) mass is 302 g/mol. The number of anilines is 3. The molecule has 0 aliphatic rings. The van der Waals surface area contributed by atoms with Gasteiger partial charge in [0.05, 0.1) is 16.2 Å². The van der Waals surface area contributed by atoms with Gasteiger partial charge in [0.1, 0.15) is 11.6 Å². The van der Waals surface area contributed by atoms with E-state index in [2.05, 4.69) is 20.6 Å². The Morgan fingerprint density at radius 3 is 2.71 bits per heavy atom. The van der Waals surface area contributed by atoms with E-state index in [1.807, 2.05) is 24.3 Å². The summed E-state index contributed by atoms with van der Waals surface area (Å²) in [6.45, 7) is 0.